The number of ketones is 1. The fourth-order valence-corrected chi connectivity index (χ4v) is 0.306. The molecule has 2 nitrogen and oxygen atoms in total. The van der Waals surface area contributed by atoms with E-state index in [1.165, 1.54) is 0 Å². The lowest BCUT2D eigenvalue weighted by atomic mass is 10.4. The molecule has 0 aromatic heterocycles. The van der Waals surface area contributed by atoms with Gasteiger partial charge in [0.1, 0.15) is 6.54 Å². The average Bonchev–Trinajstić information content (AvgIpc) is 1.61. The van der Waals surface area contributed by atoms with Gasteiger partial charge in [-0.1, -0.05) is 6.92 Å². The minimum absolute atomic E-state index is 0.446. The maximum Gasteiger partial charge on any atom is 0.303 e. The average molecular weight is 102 g/mol. The Kier molecular flexibility index (Phi) is 3.61. The molecular weight excluding hydrogens is 90.1 g/mol. The highest BCUT2D eigenvalue weighted by Gasteiger charge is 1.93. The molecule has 0 saturated heterocycles. The van der Waals surface area contributed by atoms with Crippen LogP contribution >= 0.6 is 0 Å². The number of rotatable bonds is 3. The first-order chi connectivity index (χ1) is 3.27. The van der Waals surface area contributed by atoms with Crippen molar-refractivity contribution in [3.8, 4) is 0 Å². The van der Waals surface area contributed by atoms with Gasteiger partial charge in [0.2, 0.25) is 0 Å². The number of nitrogens with one attached hydrogen (secondary N) is 1. The SMILES string of the molecule is CCNCC(C)=[OH+]. The van der Waals surface area contributed by atoms with Gasteiger partial charge in [-0.2, -0.15) is 0 Å². The van der Waals surface area contributed by atoms with Gasteiger partial charge in [-0.25, -0.2) is 0 Å². The zero-order chi connectivity index (χ0) is 5.70. The molecule has 2 heteroatoms. The second-order valence-corrected chi connectivity index (χ2v) is 1.52. The molecule has 7 heavy (non-hydrogen) atoms. The lowest BCUT2D eigenvalue weighted by molar-refractivity contribution is 0.646. The van der Waals surface area contributed by atoms with E-state index in [0.29, 0.717) is 12.3 Å². The van der Waals surface area contributed by atoms with Gasteiger partial charge in [0.15, 0.2) is 0 Å². The van der Waals surface area contributed by atoms with Crippen molar-refractivity contribution in [2.75, 3.05) is 13.1 Å². The normalized spacial score (nSPS) is 8.86. The van der Waals surface area contributed by atoms with Crippen LogP contribution in [0.25, 0.3) is 0 Å². The van der Waals surface area contributed by atoms with Crippen molar-refractivity contribution in [1.82, 2.24) is 5.32 Å². The molecule has 0 fully saturated rings. The quantitative estimate of drug-likeness (QED) is 0.506. The minimum Gasteiger partial charge on any atom is -0.306 e. The van der Waals surface area contributed by atoms with Crippen LogP contribution in [0.15, 0.2) is 0 Å². The Morgan fingerprint density at radius 1 is 1.71 bits per heavy atom. The summed E-state index contributed by atoms with van der Waals surface area (Å²) < 4.78 is 0. The molecule has 0 spiro atoms. The summed E-state index contributed by atoms with van der Waals surface area (Å²) in [6.45, 7) is 5.22. The first-order valence-electron chi connectivity index (χ1n) is 2.49. The van der Waals surface area contributed by atoms with Crippen molar-refractivity contribution >= 4 is 5.78 Å². The molecule has 0 saturated carbocycles. The van der Waals surface area contributed by atoms with E-state index in [1.807, 2.05) is 6.92 Å². The highest BCUT2D eigenvalue weighted by molar-refractivity contribution is 5.78. The van der Waals surface area contributed by atoms with E-state index >= 15 is 0 Å². The summed E-state index contributed by atoms with van der Waals surface area (Å²) in [7, 11) is 0. The predicted molar refractivity (Wildman–Crippen MR) is 31.2 cm³/mol. The molecule has 0 rings (SSSR count). The van der Waals surface area contributed by atoms with E-state index in [-0.39, 0.29) is 0 Å². The molecule has 0 atom stereocenters. The Bertz CT molecular complexity index is 61.1. The fourth-order valence-electron chi connectivity index (χ4n) is 0.306. The first-order valence-corrected chi connectivity index (χ1v) is 2.49. The van der Waals surface area contributed by atoms with Gasteiger partial charge in [0.25, 0.3) is 0 Å². The molecule has 0 aromatic carbocycles. The Hall–Kier alpha value is -0.370. The minimum atomic E-state index is 0.446. The lowest BCUT2D eigenvalue weighted by Gasteiger charge is -1.87. The van der Waals surface area contributed by atoms with Crippen molar-refractivity contribution < 1.29 is 4.79 Å². The molecule has 42 valence electrons. The van der Waals surface area contributed by atoms with Gasteiger partial charge in [0, 0.05) is 6.92 Å². The van der Waals surface area contributed by atoms with Gasteiger partial charge in [-0.3, -0.25) is 4.79 Å². The third-order valence-corrected chi connectivity index (χ3v) is 0.631. The summed E-state index contributed by atoms with van der Waals surface area (Å²) in [4.78, 5) is 8.54. The highest BCUT2D eigenvalue weighted by Crippen LogP contribution is 1.60. The molecular formula is C5H12NO+. The van der Waals surface area contributed by atoms with Gasteiger partial charge in [-0.05, 0) is 6.54 Å². The summed E-state index contributed by atoms with van der Waals surface area (Å²) in [6.07, 6.45) is 0. The first kappa shape index (κ1) is 6.63. The second-order valence-electron chi connectivity index (χ2n) is 1.52. The van der Waals surface area contributed by atoms with E-state index in [2.05, 4.69) is 5.32 Å². The Morgan fingerprint density at radius 3 is 2.43 bits per heavy atom. The van der Waals surface area contributed by atoms with Gasteiger partial charge in [0.05, 0.1) is 0 Å². The van der Waals surface area contributed by atoms with Crippen LogP contribution < -0.4 is 5.32 Å². The van der Waals surface area contributed by atoms with Crippen molar-refractivity contribution in [2.24, 2.45) is 0 Å². The lowest BCUT2D eigenvalue weighted by Crippen LogP contribution is -2.20. The standard InChI is InChI=1S/C5H11NO/c1-3-6-4-5(2)7/h6H,3-4H2,1-2H3/p+1. The van der Waals surface area contributed by atoms with E-state index in [9.17, 15) is 0 Å². The molecule has 0 amide bonds. The van der Waals surface area contributed by atoms with E-state index < -0.39 is 0 Å². The van der Waals surface area contributed by atoms with Crippen LogP contribution in [-0.2, 0) is 0 Å². The Balaban J connectivity index is 2.82. The summed E-state index contributed by atoms with van der Waals surface area (Å²) in [5, 5.41) is 2.96. The maximum atomic E-state index is 8.54. The van der Waals surface area contributed by atoms with Crippen LogP contribution in [0.5, 0.6) is 0 Å². The van der Waals surface area contributed by atoms with Crippen LogP contribution in [0.3, 0.4) is 0 Å². The van der Waals surface area contributed by atoms with Gasteiger partial charge < -0.3 is 5.32 Å². The largest absolute Gasteiger partial charge is 0.306 e. The maximum absolute atomic E-state index is 8.54. The zero-order valence-corrected chi connectivity index (χ0v) is 4.86. The Morgan fingerprint density at radius 2 is 2.29 bits per heavy atom. The molecule has 0 radical (unpaired) electrons. The van der Waals surface area contributed by atoms with Crippen molar-refractivity contribution in [3.63, 3.8) is 0 Å². The summed E-state index contributed by atoms with van der Waals surface area (Å²) >= 11 is 0. The predicted octanol–water partition coefficient (Wildman–Crippen LogP) is 0.161. The van der Waals surface area contributed by atoms with Crippen molar-refractivity contribution in [3.05, 3.63) is 0 Å². The van der Waals surface area contributed by atoms with Crippen LogP contribution in [-0.4, -0.2) is 23.7 Å². The third-order valence-electron chi connectivity index (χ3n) is 0.631. The summed E-state index contributed by atoms with van der Waals surface area (Å²) in [6, 6.07) is 0. The smallest absolute Gasteiger partial charge is 0.303 e. The summed E-state index contributed by atoms with van der Waals surface area (Å²) in [5.74, 6) is 0.446. The molecule has 0 aliphatic rings. The number of hydrogen-bond acceptors (Lipinski definition) is 1. The molecule has 0 aliphatic carbocycles. The number of likely N-dealkylation sites (N-methyl/N-ethyl adjacent to an activating group) is 1. The molecule has 0 aromatic rings. The molecule has 0 heterocycles. The van der Waals surface area contributed by atoms with Gasteiger partial charge >= 0.3 is 5.78 Å². The van der Waals surface area contributed by atoms with Crippen molar-refractivity contribution in [1.29, 1.82) is 0 Å². The number of hydrogen-bond donors (Lipinski definition) is 1. The second kappa shape index (κ2) is 3.81. The molecule has 0 unspecified atom stereocenters. The van der Waals surface area contributed by atoms with Crippen LogP contribution in [0, 0.1) is 0 Å². The van der Waals surface area contributed by atoms with Crippen LogP contribution in [0.1, 0.15) is 13.8 Å². The van der Waals surface area contributed by atoms with Crippen LogP contribution in [0.4, 0.5) is 0 Å². The molecule has 0 bridgehead atoms. The van der Waals surface area contributed by atoms with E-state index in [4.69, 9.17) is 4.79 Å². The monoisotopic (exact) mass is 102 g/mol. The Labute approximate surface area is 43.9 Å². The topological polar surface area (TPSA) is 33.4 Å². The summed E-state index contributed by atoms with van der Waals surface area (Å²) in [5.41, 5.74) is 0. The molecule has 2 N–H and O–H groups in total. The van der Waals surface area contributed by atoms with Gasteiger partial charge in [-0.15, -0.1) is 0 Å². The highest BCUT2D eigenvalue weighted by atomic mass is 16.1. The third kappa shape index (κ3) is 5.63. The zero-order valence-electron chi connectivity index (χ0n) is 4.86. The van der Waals surface area contributed by atoms with Crippen molar-refractivity contribution in [2.45, 2.75) is 13.8 Å². The van der Waals surface area contributed by atoms with E-state index in [0.717, 1.165) is 6.54 Å². The van der Waals surface area contributed by atoms with E-state index in [1.54, 1.807) is 6.92 Å². The molecule has 0 aliphatic heterocycles. The fraction of sp³-hybridized carbons (Fsp3) is 0.800. The van der Waals surface area contributed by atoms with Crippen LogP contribution in [0.2, 0.25) is 0 Å². The number of carbonyl (C=O) groups excluding carboxylic acids is 1.